The zero-order chi connectivity index (χ0) is 19.8. The maximum atomic E-state index is 6.23. The normalized spacial score (nSPS) is 21.1. The maximum absolute atomic E-state index is 6.23. The molecule has 0 saturated carbocycles. The van der Waals surface area contributed by atoms with Gasteiger partial charge in [0, 0.05) is 22.8 Å². The van der Waals surface area contributed by atoms with E-state index < -0.39 is 0 Å². The molecule has 0 aliphatic carbocycles. The van der Waals surface area contributed by atoms with Gasteiger partial charge < -0.3 is 15.5 Å². The predicted octanol–water partition coefficient (Wildman–Crippen LogP) is 4.71. The van der Waals surface area contributed by atoms with Crippen LogP contribution in [0.3, 0.4) is 0 Å². The summed E-state index contributed by atoms with van der Waals surface area (Å²) in [7, 11) is 0. The molecule has 0 bridgehead atoms. The molecule has 0 saturated heterocycles. The van der Waals surface area contributed by atoms with Crippen molar-refractivity contribution in [2.24, 2.45) is 0 Å². The second-order valence-electron chi connectivity index (χ2n) is 7.71. The Morgan fingerprint density at radius 1 is 1.21 bits per heavy atom. The van der Waals surface area contributed by atoms with Crippen molar-refractivity contribution >= 4 is 28.6 Å². The number of fused-ring (bicyclic) bond motifs is 3. The highest BCUT2D eigenvalue weighted by Gasteiger charge is 2.30. The standard InChI is InChI=1S/C23H25ClN4O/c1-15-23-20-6-5-17(16-8-11-29-12-9-16)13-21(20)22(7-10-28(23)27-26-15)25-19-4-2-3-18(24)14-19/h2-6,8,13-14,22,25-27H,7,9-12H2,1H3. The van der Waals surface area contributed by atoms with Gasteiger partial charge in [0.2, 0.25) is 0 Å². The van der Waals surface area contributed by atoms with Gasteiger partial charge in [-0.05, 0) is 60.7 Å². The molecule has 5 rings (SSSR count). The van der Waals surface area contributed by atoms with Gasteiger partial charge in [-0.25, -0.2) is 0 Å². The first-order valence-corrected chi connectivity index (χ1v) is 10.5. The number of benzene rings is 2. The quantitative estimate of drug-likeness (QED) is 0.686. The summed E-state index contributed by atoms with van der Waals surface area (Å²) >= 11 is 6.23. The largest absolute Gasteiger partial charge is 0.378 e. The molecule has 0 fully saturated rings. The zero-order valence-corrected chi connectivity index (χ0v) is 17.2. The van der Waals surface area contributed by atoms with Gasteiger partial charge in [0.05, 0.1) is 30.6 Å². The number of ether oxygens (including phenoxy) is 1. The third-order valence-corrected chi connectivity index (χ3v) is 6.06. The first kappa shape index (κ1) is 18.6. The maximum Gasteiger partial charge on any atom is 0.0814 e. The lowest BCUT2D eigenvalue weighted by Gasteiger charge is -2.22. The summed E-state index contributed by atoms with van der Waals surface area (Å²) in [6.45, 7) is 4.51. The van der Waals surface area contributed by atoms with Crippen molar-refractivity contribution < 1.29 is 4.74 Å². The summed E-state index contributed by atoms with van der Waals surface area (Å²) in [6, 6.07) is 15.0. The minimum atomic E-state index is 0.191. The molecule has 1 unspecified atom stereocenters. The molecule has 3 aliphatic heterocycles. The van der Waals surface area contributed by atoms with Gasteiger partial charge in [0.15, 0.2) is 0 Å². The fourth-order valence-corrected chi connectivity index (χ4v) is 4.57. The number of halogens is 1. The van der Waals surface area contributed by atoms with Crippen molar-refractivity contribution in [3.8, 4) is 0 Å². The zero-order valence-electron chi connectivity index (χ0n) is 16.5. The molecule has 6 heteroatoms. The highest BCUT2D eigenvalue weighted by molar-refractivity contribution is 6.30. The molecule has 29 heavy (non-hydrogen) atoms. The lowest BCUT2D eigenvalue weighted by Crippen LogP contribution is -2.37. The molecule has 0 spiro atoms. The van der Waals surface area contributed by atoms with Crippen LogP contribution < -0.4 is 16.3 Å². The summed E-state index contributed by atoms with van der Waals surface area (Å²) in [4.78, 5) is 0. The molecular weight excluding hydrogens is 384 g/mol. The first-order valence-electron chi connectivity index (χ1n) is 10.1. The van der Waals surface area contributed by atoms with Gasteiger partial charge in [0.25, 0.3) is 0 Å². The summed E-state index contributed by atoms with van der Waals surface area (Å²) in [6.07, 6.45) is 4.13. The summed E-state index contributed by atoms with van der Waals surface area (Å²) in [5.41, 5.74) is 15.2. The number of hydrogen-bond acceptors (Lipinski definition) is 5. The van der Waals surface area contributed by atoms with Crippen LogP contribution in [-0.4, -0.2) is 24.8 Å². The fourth-order valence-electron chi connectivity index (χ4n) is 4.38. The van der Waals surface area contributed by atoms with Crippen molar-refractivity contribution in [2.75, 3.05) is 25.1 Å². The average molecular weight is 409 g/mol. The smallest absolute Gasteiger partial charge is 0.0814 e. The molecule has 2 aromatic carbocycles. The second-order valence-corrected chi connectivity index (χ2v) is 8.15. The van der Waals surface area contributed by atoms with E-state index in [0.29, 0.717) is 6.61 Å². The van der Waals surface area contributed by atoms with E-state index in [1.807, 2.05) is 18.2 Å². The van der Waals surface area contributed by atoms with Crippen molar-refractivity contribution in [3.05, 3.63) is 76.0 Å². The molecular formula is C23H25ClN4O. The monoisotopic (exact) mass is 408 g/mol. The predicted molar refractivity (Wildman–Crippen MR) is 118 cm³/mol. The van der Waals surface area contributed by atoms with Gasteiger partial charge in [-0.3, -0.25) is 5.01 Å². The van der Waals surface area contributed by atoms with E-state index in [2.05, 4.69) is 58.6 Å². The van der Waals surface area contributed by atoms with E-state index in [1.165, 1.54) is 28.0 Å². The van der Waals surface area contributed by atoms with Crippen LogP contribution in [0.15, 0.2) is 54.2 Å². The summed E-state index contributed by atoms with van der Waals surface area (Å²) in [5, 5.41) is 6.68. The molecule has 2 aromatic rings. The fraction of sp³-hybridized carbons (Fsp3) is 0.304. The molecule has 150 valence electrons. The van der Waals surface area contributed by atoms with Crippen LogP contribution >= 0.6 is 11.6 Å². The third kappa shape index (κ3) is 3.62. The number of anilines is 1. The van der Waals surface area contributed by atoms with Gasteiger partial charge in [-0.1, -0.05) is 35.9 Å². The van der Waals surface area contributed by atoms with Crippen LogP contribution in [0.25, 0.3) is 11.3 Å². The van der Waals surface area contributed by atoms with E-state index in [4.69, 9.17) is 16.3 Å². The molecule has 0 radical (unpaired) electrons. The number of nitrogens with zero attached hydrogens (tertiary/aromatic N) is 1. The average Bonchev–Trinajstić information content (AvgIpc) is 3.03. The number of rotatable bonds is 3. The Hall–Kier alpha value is -2.47. The van der Waals surface area contributed by atoms with E-state index in [1.54, 1.807) is 0 Å². The van der Waals surface area contributed by atoms with E-state index >= 15 is 0 Å². The number of nitrogens with one attached hydrogen (secondary N) is 3. The van der Waals surface area contributed by atoms with Gasteiger partial charge in [-0.2, -0.15) is 0 Å². The van der Waals surface area contributed by atoms with Crippen LogP contribution in [0.4, 0.5) is 5.69 Å². The Bertz CT molecular complexity index is 1000. The van der Waals surface area contributed by atoms with E-state index in [-0.39, 0.29) is 6.04 Å². The minimum absolute atomic E-state index is 0.191. The van der Waals surface area contributed by atoms with Gasteiger partial charge in [0.1, 0.15) is 0 Å². The molecule has 5 nitrogen and oxygen atoms in total. The van der Waals surface area contributed by atoms with Gasteiger partial charge >= 0.3 is 0 Å². The molecule has 3 aliphatic rings. The Balaban J connectivity index is 1.59. The SMILES string of the molecule is CC1=C2c3ccc(C4=CCOCC4)cc3C(Nc3cccc(Cl)c3)CCN2NN1. The van der Waals surface area contributed by atoms with Crippen LogP contribution in [0.1, 0.15) is 42.5 Å². The Labute approximate surface area is 176 Å². The molecule has 0 amide bonds. The Morgan fingerprint density at radius 2 is 2.14 bits per heavy atom. The molecule has 0 aromatic heterocycles. The Kier molecular flexibility index (Phi) is 4.96. The highest BCUT2D eigenvalue weighted by atomic mass is 35.5. The minimum Gasteiger partial charge on any atom is -0.378 e. The van der Waals surface area contributed by atoms with Crippen LogP contribution in [0.5, 0.6) is 0 Å². The van der Waals surface area contributed by atoms with Crippen LogP contribution in [0, 0.1) is 0 Å². The van der Waals surface area contributed by atoms with E-state index in [0.717, 1.165) is 42.4 Å². The molecule has 3 N–H and O–H groups in total. The van der Waals surface area contributed by atoms with Crippen molar-refractivity contribution in [3.63, 3.8) is 0 Å². The van der Waals surface area contributed by atoms with Crippen LogP contribution in [0.2, 0.25) is 5.02 Å². The molecule has 1 atom stereocenters. The van der Waals surface area contributed by atoms with Gasteiger partial charge in [-0.15, -0.1) is 5.53 Å². The lowest BCUT2D eigenvalue weighted by atomic mass is 9.91. The lowest BCUT2D eigenvalue weighted by molar-refractivity contribution is 0.161. The summed E-state index contributed by atoms with van der Waals surface area (Å²) < 4.78 is 5.50. The van der Waals surface area contributed by atoms with Crippen molar-refractivity contribution in [1.29, 1.82) is 0 Å². The number of hydrazine groups is 2. The number of allylic oxidation sites excluding steroid dienone is 1. The second kappa shape index (κ2) is 7.75. The topological polar surface area (TPSA) is 48.6 Å². The summed E-state index contributed by atoms with van der Waals surface area (Å²) in [5.74, 6) is 0. The Morgan fingerprint density at radius 3 is 2.97 bits per heavy atom. The van der Waals surface area contributed by atoms with E-state index in [9.17, 15) is 0 Å². The van der Waals surface area contributed by atoms with Crippen molar-refractivity contribution in [1.82, 2.24) is 16.0 Å². The highest BCUT2D eigenvalue weighted by Crippen LogP contribution is 2.39. The van der Waals surface area contributed by atoms with Crippen LogP contribution in [-0.2, 0) is 4.74 Å². The molecule has 3 heterocycles. The third-order valence-electron chi connectivity index (χ3n) is 5.83. The van der Waals surface area contributed by atoms with Crippen molar-refractivity contribution in [2.45, 2.75) is 25.8 Å². The number of hydrogen-bond donors (Lipinski definition) is 3. The first-order chi connectivity index (χ1) is 14.2.